The highest BCUT2D eigenvalue weighted by atomic mass is 14.7. The van der Waals surface area contributed by atoms with Gasteiger partial charge in [-0.1, -0.05) is 18.7 Å². The number of hydrogen-bond acceptors (Lipinski definition) is 1. The molecule has 0 aliphatic carbocycles. The fourth-order valence-electron chi connectivity index (χ4n) is 1.45. The van der Waals surface area contributed by atoms with E-state index in [0.29, 0.717) is 6.54 Å². The van der Waals surface area contributed by atoms with E-state index < -0.39 is 0 Å². The van der Waals surface area contributed by atoms with Crippen molar-refractivity contribution in [2.45, 2.75) is 13.3 Å². The highest BCUT2D eigenvalue weighted by Crippen LogP contribution is 1.86. The summed E-state index contributed by atoms with van der Waals surface area (Å²) in [4.78, 5) is 3.20. The Labute approximate surface area is 78.5 Å². The third-order valence-electron chi connectivity index (χ3n) is 2.02. The van der Waals surface area contributed by atoms with E-state index in [-0.39, 0.29) is 0 Å². The Hall–Kier alpha value is -1.28. The van der Waals surface area contributed by atoms with Gasteiger partial charge in [0.1, 0.15) is 0 Å². The SMILES string of the molecule is C=C/C=c1/[nH]cc(CCN)/c1=C/C. The number of aromatic nitrogens is 1. The van der Waals surface area contributed by atoms with Gasteiger partial charge in [0.2, 0.25) is 0 Å². The van der Waals surface area contributed by atoms with Crippen molar-refractivity contribution >= 4 is 12.2 Å². The van der Waals surface area contributed by atoms with Crippen LogP contribution in [0.2, 0.25) is 0 Å². The Morgan fingerprint density at radius 1 is 1.62 bits per heavy atom. The smallest absolute Gasteiger partial charge is 0.0453 e. The maximum absolute atomic E-state index is 5.51. The summed E-state index contributed by atoms with van der Waals surface area (Å²) < 4.78 is 0. The summed E-state index contributed by atoms with van der Waals surface area (Å²) in [5, 5.41) is 2.35. The molecule has 0 spiro atoms. The second kappa shape index (κ2) is 4.67. The van der Waals surface area contributed by atoms with Crippen LogP contribution < -0.4 is 16.3 Å². The number of nitrogens with one attached hydrogen (secondary N) is 1. The standard InChI is InChI=1S/C11H16N2/c1-3-5-11-10(4-2)9(6-7-12)8-13-11/h3-5,8,13H,1,6-7,12H2,2H3/b10-4-,11-5+. The fourth-order valence-corrected chi connectivity index (χ4v) is 1.45. The van der Waals surface area contributed by atoms with Crippen LogP contribution in [0.4, 0.5) is 0 Å². The molecule has 0 aliphatic heterocycles. The largest absolute Gasteiger partial charge is 0.361 e. The molecule has 0 aromatic carbocycles. The normalized spacial score (nSPS) is 13.7. The average Bonchev–Trinajstić information content (AvgIpc) is 2.49. The van der Waals surface area contributed by atoms with Crippen LogP contribution in [-0.4, -0.2) is 11.5 Å². The Morgan fingerprint density at radius 2 is 2.38 bits per heavy atom. The molecule has 0 radical (unpaired) electrons. The molecular weight excluding hydrogens is 160 g/mol. The van der Waals surface area contributed by atoms with Crippen molar-refractivity contribution in [2.24, 2.45) is 5.73 Å². The maximum Gasteiger partial charge on any atom is 0.0453 e. The first-order valence-electron chi connectivity index (χ1n) is 4.49. The molecule has 1 aromatic rings. The molecule has 70 valence electrons. The molecule has 3 N–H and O–H groups in total. The van der Waals surface area contributed by atoms with E-state index in [9.17, 15) is 0 Å². The summed E-state index contributed by atoms with van der Waals surface area (Å²) in [6.45, 7) is 6.39. The predicted octanol–water partition coefficient (Wildman–Crippen LogP) is 0.283. The van der Waals surface area contributed by atoms with Crippen LogP contribution in [0.25, 0.3) is 12.2 Å². The minimum atomic E-state index is 0.687. The molecule has 1 aromatic heterocycles. The zero-order chi connectivity index (χ0) is 9.68. The number of aromatic amines is 1. The first-order valence-corrected chi connectivity index (χ1v) is 4.49. The van der Waals surface area contributed by atoms with Crippen molar-refractivity contribution in [3.8, 4) is 0 Å². The minimum Gasteiger partial charge on any atom is -0.361 e. The van der Waals surface area contributed by atoms with E-state index in [1.807, 2.05) is 19.2 Å². The molecule has 1 rings (SSSR count). The van der Waals surface area contributed by atoms with Crippen LogP contribution in [0.5, 0.6) is 0 Å². The molecule has 2 nitrogen and oxygen atoms in total. The molecule has 0 saturated heterocycles. The Balaban J connectivity index is 3.28. The number of nitrogens with two attached hydrogens (primary N) is 1. The first kappa shape index (κ1) is 9.81. The molecule has 1 heterocycles. The van der Waals surface area contributed by atoms with Crippen LogP contribution in [0.3, 0.4) is 0 Å². The van der Waals surface area contributed by atoms with E-state index in [2.05, 4.69) is 17.6 Å². The molecule has 13 heavy (non-hydrogen) atoms. The predicted molar refractivity (Wildman–Crippen MR) is 57.6 cm³/mol. The van der Waals surface area contributed by atoms with E-state index in [4.69, 9.17) is 5.73 Å². The van der Waals surface area contributed by atoms with Crippen molar-refractivity contribution in [1.29, 1.82) is 0 Å². The molecule has 2 heteroatoms. The monoisotopic (exact) mass is 176 g/mol. The molecule has 0 amide bonds. The van der Waals surface area contributed by atoms with Crippen molar-refractivity contribution in [3.05, 3.63) is 35.0 Å². The van der Waals surface area contributed by atoms with Gasteiger partial charge >= 0.3 is 0 Å². The third kappa shape index (κ3) is 2.10. The van der Waals surface area contributed by atoms with Crippen molar-refractivity contribution in [3.63, 3.8) is 0 Å². The lowest BCUT2D eigenvalue weighted by atomic mass is 10.2. The first-order chi connectivity index (χ1) is 6.33. The lowest BCUT2D eigenvalue weighted by Gasteiger charge is -1.90. The third-order valence-corrected chi connectivity index (χ3v) is 2.02. The average molecular weight is 176 g/mol. The highest BCUT2D eigenvalue weighted by Gasteiger charge is 1.95. The second-order valence-corrected chi connectivity index (χ2v) is 2.87. The minimum absolute atomic E-state index is 0.687. The van der Waals surface area contributed by atoms with E-state index in [1.54, 1.807) is 6.08 Å². The molecular formula is C11H16N2. The van der Waals surface area contributed by atoms with Gasteiger partial charge in [-0.3, -0.25) is 0 Å². The molecule has 0 unspecified atom stereocenters. The summed E-state index contributed by atoms with van der Waals surface area (Å²) in [6, 6.07) is 0. The Bertz CT molecular complexity index is 385. The summed E-state index contributed by atoms with van der Waals surface area (Å²) in [5.41, 5.74) is 6.79. The van der Waals surface area contributed by atoms with Crippen LogP contribution in [0, 0.1) is 0 Å². The summed E-state index contributed by atoms with van der Waals surface area (Å²) >= 11 is 0. The fraction of sp³-hybridized carbons (Fsp3) is 0.273. The Morgan fingerprint density at radius 3 is 2.92 bits per heavy atom. The van der Waals surface area contributed by atoms with Gasteiger partial charge in [-0.25, -0.2) is 0 Å². The van der Waals surface area contributed by atoms with Gasteiger partial charge in [0.15, 0.2) is 0 Å². The van der Waals surface area contributed by atoms with Gasteiger partial charge in [0.25, 0.3) is 0 Å². The number of hydrogen-bond donors (Lipinski definition) is 2. The van der Waals surface area contributed by atoms with Crippen LogP contribution in [0.15, 0.2) is 18.9 Å². The zero-order valence-corrected chi connectivity index (χ0v) is 8.01. The maximum atomic E-state index is 5.51. The van der Waals surface area contributed by atoms with Gasteiger partial charge in [-0.15, -0.1) is 0 Å². The van der Waals surface area contributed by atoms with Crippen LogP contribution in [0.1, 0.15) is 12.5 Å². The Kier molecular flexibility index (Phi) is 3.53. The lowest BCUT2D eigenvalue weighted by Crippen LogP contribution is -2.25. The number of allylic oxidation sites excluding steroid dienone is 1. The van der Waals surface area contributed by atoms with E-state index in [0.717, 1.165) is 11.8 Å². The quantitative estimate of drug-likeness (QED) is 0.682. The van der Waals surface area contributed by atoms with Gasteiger partial charge in [0.05, 0.1) is 0 Å². The molecule has 0 aliphatic rings. The topological polar surface area (TPSA) is 41.8 Å². The molecule has 0 bridgehead atoms. The summed E-state index contributed by atoms with van der Waals surface area (Å²) in [6.07, 6.45) is 8.77. The molecule has 0 atom stereocenters. The van der Waals surface area contributed by atoms with Gasteiger partial charge in [0, 0.05) is 11.5 Å². The van der Waals surface area contributed by atoms with Gasteiger partial charge < -0.3 is 10.7 Å². The molecule has 0 fully saturated rings. The van der Waals surface area contributed by atoms with E-state index >= 15 is 0 Å². The van der Waals surface area contributed by atoms with Crippen molar-refractivity contribution in [2.75, 3.05) is 6.54 Å². The van der Waals surface area contributed by atoms with Crippen molar-refractivity contribution in [1.82, 2.24) is 4.98 Å². The lowest BCUT2D eigenvalue weighted by molar-refractivity contribution is 0.964. The molecule has 0 saturated carbocycles. The summed E-state index contributed by atoms with van der Waals surface area (Å²) in [5.74, 6) is 0. The van der Waals surface area contributed by atoms with Crippen LogP contribution in [-0.2, 0) is 6.42 Å². The van der Waals surface area contributed by atoms with Gasteiger partial charge in [-0.2, -0.15) is 0 Å². The van der Waals surface area contributed by atoms with Crippen LogP contribution >= 0.6 is 0 Å². The second-order valence-electron chi connectivity index (χ2n) is 2.87. The van der Waals surface area contributed by atoms with E-state index in [1.165, 1.54) is 10.8 Å². The number of H-pyrrole nitrogens is 1. The van der Waals surface area contributed by atoms with Gasteiger partial charge in [-0.05, 0) is 36.7 Å². The van der Waals surface area contributed by atoms with Crippen molar-refractivity contribution < 1.29 is 0 Å². The highest BCUT2D eigenvalue weighted by molar-refractivity contribution is 5.38. The number of rotatable bonds is 3. The summed E-state index contributed by atoms with van der Waals surface area (Å²) in [7, 11) is 0. The zero-order valence-electron chi connectivity index (χ0n) is 8.01.